The van der Waals surface area contributed by atoms with Crippen LogP contribution in [0, 0.1) is 0 Å². The van der Waals surface area contributed by atoms with Crippen LogP contribution in [0.4, 0.5) is 22.7 Å². The summed E-state index contributed by atoms with van der Waals surface area (Å²) in [5.74, 6) is -7.61. The summed E-state index contributed by atoms with van der Waals surface area (Å²) in [6, 6.07) is 22.6. The third-order valence-corrected chi connectivity index (χ3v) is 9.85. The number of rotatable bonds is 8. The zero-order chi connectivity index (χ0) is 50.3. The molecule has 21 heteroatoms. The first-order valence-corrected chi connectivity index (χ1v) is 19.6. The fraction of sp³-hybridized carbons (Fsp3) is 0.0833. The summed E-state index contributed by atoms with van der Waals surface area (Å²) in [6.07, 6.45) is 4.98. The van der Waals surface area contributed by atoms with E-state index in [1.165, 1.54) is 121 Å². The van der Waals surface area contributed by atoms with Crippen LogP contribution in [0.25, 0.3) is 0 Å². The van der Waals surface area contributed by atoms with Crippen molar-refractivity contribution in [1.82, 2.24) is 0 Å². The van der Waals surface area contributed by atoms with E-state index >= 15 is 0 Å². The monoisotopic (exact) mass is 988 g/mol. The van der Waals surface area contributed by atoms with Crippen molar-refractivity contribution in [1.29, 1.82) is 0 Å². The summed E-state index contributed by atoms with van der Waals surface area (Å²) in [5, 5.41) is 35.1. The zero-order valence-corrected chi connectivity index (χ0v) is 39.7. The Morgan fingerprint density at radius 1 is 0.333 bits per heavy atom. The summed E-state index contributed by atoms with van der Waals surface area (Å²) < 4.78 is 0. The number of carboxylic acid groups (broad SMARTS) is 4. The molecule has 0 radical (unpaired) electrons. The van der Waals surface area contributed by atoms with Crippen molar-refractivity contribution in [3.63, 3.8) is 0 Å². The molecule has 8 rings (SSSR count). The third kappa shape index (κ3) is 11.8. The van der Waals surface area contributed by atoms with Crippen molar-refractivity contribution >= 4 is 93.9 Å². The molecule has 0 spiro atoms. The quantitative estimate of drug-likeness (QED) is 0.136. The van der Waals surface area contributed by atoms with Crippen LogP contribution in [0.1, 0.15) is 69.1 Å². The van der Waals surface area contributed by atoms with Crippen molar-refractivity contribution in [2.24, 2.45) is 0 Å². The molecule has 20 nitrogen and oxygen atoms in total. The second kappa shape index (κ2) is 21.9. The second-order valence-corrected chi connectivity index (χ2v) is 14.6. The van der Waals surface area contributed by atoms with Gasteiger partial charge in [-0.05, 0) is 113 Å². The predicted octanol–water partition coefficient (Wildman–Crippen LogP) is 4.81. The minimum absolute atomic E-state index is 0. The first kappa shape index (κ1) is 52.5. The van der Waals surface area contributed by atoms with Gasteiger partial charge in [-0.15, -0.1) is 0 Å². The number of imide groups is 4. The molecule has 8 amide bonds. The topological polar surface area (TPSA) is 299 Å². The number of benzene rings is 4. The average molecular weight is 990 g/mol. The molecule has 0 unspecified atom stereocenters. The van der Waals surface area contributed by atoms with Crippen molar-refractivity contribution in [2.45, 2.75) is 27.7 Å². The van der Waals surface area contributed by atoms with Gasteiger partial charge >= 0.3 is 23.9 Å². The van der Waals surface area contributed by atoms with Gasteiger partial charge in [-0.1, -0.05) is 12.1 Å². The average Bonchev–Trinajstić information content (AvgIpc) is 3.92. The van der Waals surface area contributed by atoms with Gasteiger partial charge in [-0.25, -0.2) is 38.8 Å². The zero-order valence-electron chi connectivity index (χ0n) is 36.7. The number of nitrogens with zero attached hydrogens (tertiary/aromatic N) is 4. The van der Waals surface area contributed by atoms with Crippen LogP contribution in [-0.4, -0.2) is 91.6 Å². The number of anilines is 4. The van der Waals surface area contributed by atoms with Crippen molar-refractivity contribution in [2.75, 3.05) is 19.6 Å². The molecular formula is C48H36N4O16Zn. The Bertz CT molecular complexity index is 2820. The van der Waals surface area contributed by atoms with E-state index in [9.17, 15) is 57.5 Å². The summed E-state index contributed by atoms with van der Waals surface area (Å²) >= 11 is 0. The number of carbonyl (C=O) groups is 12. The van der Waals surface area contributed by atoms with E-state index < -0.39 is 59.3 Å². The van der Waals surface area contributed by atoms with Crippen LogP contribution in [0.2, 0.25) is 0 Å². The fourth-order valence-corrected chi connectivity index (χ4v) is 6.39. The number of carbonyl (C=O) groups excluding carboxylic acids is 8. The van der Waals surface area contributed by atoms with Gasteiger partial charge in [0.15, 0.2) is 0 Å². The summed E-state index contributed by atoms with van der Waals surface area (Å²) in [6.45, 7) is 6.21. The predicted molar refractivity (Wildman–Crippen MR) is 239 cm³/mol. The Balaban J connectivity index is 0.000000199. The normalized spacial score (nSPS) is 14.9. The molecule has 0 bridgehead atoms. The minimum Gasteiger partial charge on any atom is -0.478 e. The van der Waals surface area contributed by atoms with Crippen LogP contribution in [0.5, 0.6) is 0 Å². The number of aromatic carboxylic acids is 4. The maximum Gasteiger partial charge on any atom is 0.335 e. The van der Waals surface area contributed by atoms with E-state index in [0.29, 0.717) is 33.7 Å². The van der Waals surface area contributed by atoms with Crippen molar-refractivity contribution < 1.29 is 97.4 Å². The number of hydrogen-bond acceptors (Lipinski definition) is 12. The van der Waals surface area contributed by atoms with Crippen molar-refractivity contribution in [3.05, 3.63) is 166 Å². The van der Waals surface area contributed by atoms with E-state index in [0.717, 1.165) is 19.6 Å². The van der Waals surface area contributed by atoms with Gasteiger partial charge in [0.05, 0.1) is 45.0 Å². The van der Waals surface area contributed by atoms with Gasteiger partial charge < -0.3 is 20.4 Å². The molecule has 346 valence electrons. The van der Waals surface area contributed by atoms with E-state index in [-0.39, 0.29) is 64.9 Å². The van der Waals surface area contributed by atoms with Gasteiger partial charge in [0.1, 0.15) is 0 Å². The van der Waals surface area contributed by atoms with Gasteiger partial charge in [0.2, 0.25) is 0 Å². The first-order valence-electron chi connectivity index (χ1n) is 19.6. The minimum atomic E-state index is -1.10. The Kier molecular flexibility index (Phi) is 16.7. The Labute approximate surface area is 403 Å². The van der Waals surface area contributed by atoms with Crippen LogP contribution < -0.4 is 19.6 Å². The summed E-state index contributed by atoms with van der Waals surface area (Å²) in [7, 11) is 0. The molecule has 4 aromatic carbocycles. The van der Waals surface area contributed by atoms with E-state index in [4.69, 9.17) is 20.4 Å². The van der Waals surface area contributed by atoms with Gasteiger partial charge in [0, 0.05) is 66.1 Å². The number of carboxylic acids is 4. The van der Waals surface area contributed by atoms with Crippen molar-refractivity contribution in [3.8, 4) is 0 Å². The van der Waals surface area contributed by atoms with E-state index in [1.54, 1.807) is 27.7 Å². The van der Waals surface area contributed by atoms with E-state index in [2.05, 4.69) is 0 Å². The molecule has 0 saturated carbocycles. The molecule has 0 saturated heterocycles. The Hall–Kier alpha value is -9.10. The fourth-order valence-electron chi connectivity index (χ4n) is 6.39. The standard InChI is InChI=1S/4C12H9NO4.Zn/c2*1-7-6-10(14)13(11(7)15)9-4-2-8(3-5-9)12(16)17;2*1-7-5-10(14)13(11(7)15)9-4-2-3-8(6-9)12(16)17;/h4*2-6H,1H3,(H,16,17);. The Morgan fingerprint density at radius 2 is 0.565 bits per heavy atom. The molecule has 4 N–H and O–H groups in total. The van der Waals surface area contributed by atoms with Gasteiger partial charge in [-0.3, -0.25) is 38.4 Å². The van der Waals surface area contributed by atoms with E-state index in [1.807, 2.05) is 0 Å². The van der Waals surface area contributed by atoms with Crippen LogP contribution in [0.15, 0.2) is 144 Å². The number of amides is 8. The SMILES string of the molecule is CC1=CC(=O)N(c2ccc(C(=O)O)cc2)C1=O.CC1=CC(=O)N(c2ccc(C(=O)O)cc2)C1=O.CC1=CC(=O)N(c2cccc(C(=O)O)c2)C1=O.CC1=CC(=O)N(c2cccc(C(=O)O)c2)C1=O.[Zn]. The molecule has 0 fully saturated rings. The summed E-state index contributed by atoms with van der Waals surface area (Å²) in [5.41, 5.74) is 3.01. The summed E-state index contributed by atoms with van der Waals surface area (Å²) in [4.78, 5) is 140. The van der Waals surface area contributed by atoms with Crippen LogP contribution in [0.3, 0.4) is 0 Å². The molecule has 0 aromatic heterocycles. The molecule has 69 heavy (non-hydrogen) atoms. The maximum atomic E-state index is 11.7. The smallest absolute Gasteiger partial charge is 0.335 e. The number of hydrogen-bond donors (Lipinski definition) is 4. The van der Waals surface area contributed by atoms with Crippen LogP contribution >= 0.6 is 0 Å². The molecule has 4 heterocycles. The molecule has 4 aliphatic heterocycles. The third-order valence-electron chi connectivity index (χ3n) is 9.85. The Morgan fingerprint density at radius 3 is 0.768 bits per heavy atom. The second-order valence-electron chi connectivity index (χ2n) is 14.6. The maximum absolute atomic E-state index is 11.7. The largest absolute Gasteiger partial charge is 0.478 e. The van der Waals surface area contributed by atoms with Crippen LogP contribution in [-0.2, 0) is 57.8 Å². The van der Waals surface area contributed by atoms with Gasteiger partial charge in [-0.2, -0.15) is 0 Å². The van der Waals surface area contributed by atoms with Gasteiger partial charge in [0.25, 0.3) is 47.3 Å². The molecular weight excluding hydrogens is 954 g/mol. The molecule has 0 atom stereocenters. The molecule has 4 aromatic rings. The first-order chi connectivity index (χ1) is 32.0. The molecule has 0 aliphatic carbocycles. The molecule has 4 aliphatic rings.